The molecule has 0 amide bonds. The summed E-state index contributed by atoms with van der Waals surface area (Å²) in [6.07, 6.45) is 4.38. The van der Waals surface area contributed by atoms with Crippen molar-refractivity contribution in [2.75, 3.05) is 23.3 Å². The molecule has 6 rings (SSSR count). The summed E-state index contributed by atoms with van der Waals surface area (Å²) >= 11 is 0. The summed E-state index contributed by atoms with van der Waals surface area (Å²) in [5.74, 6) is 3.13. The number of nitrogens with zero attached hydrogens (tertiary/aromatic N) is 5. The number of anilines is 2. The fourth-order valence-corrected chi connectivity index (χ4v) is 5.23. The third kappa shape index (κ3) is 4.64. The Balaban J connectivity index is 1.35. The average molecular weight is 491 g/mol. The van der Waals surface area contributed by atoms with Crippen LogP contribution >= 0.6 is 0 Å². The topological polar surface area (TPSA) is 58.4 Å². The molecule has 1 aliphatic rings. The van der Waals surface area contributed by atoms with Gasteiger partial charge in [0.15, 0.2) is 5.65 Å². The summed E-state index contributed by atoms with van der Waals surface area (Å²) in [6, 6.07) is 23.2. The van der Waals surface area contributed by atoms with Crippen molar-refractivity contribution in [3.05, 3.63) is 84.1 Å². The van der Waals surface area contributed by atoms with Gasteiger partial charge in [0.1, 0.15) is 11.6 Å². The van der Waals surface area contributed by atoms with Gasteiger partial charge in [0.2, 0.25) is 0 Å². The Labute approximate surface area is 218 Å². The second-order valence-electron chi connectivity index (χ2n) is 10.6. The van der Waals surface area contributed by atoms with Crippen LogP contribution in [0.15, 0.2) is 72.9 Å². The smallest absolute Gasteiger partial charge is 0.163 e. The van der Waals surface area contributed by atoms with E-state index < -0.39 is 0 Å². The van der Waals surface area contributed by atoms with Gasteiger partial charge in [-0.15, -0.1) is 0 Å². The molecule has 0 aliphatic carbocycles. The number of pyridine rings is 1. The molecular weight excluding hydrogens is 456 g/mol. The predicted octanol–water partition coefficient (Wildman–Crippen LogP) is 6.92. The highest BCUT2D eigenvalue weighted by molar-refractivity contribution is 5.82. The summed E-state index contributed by atoms with van der Waals surface area (Å²) in [5, 5.41) is 9.58. The summed E-state index contributed by atoms with van der Waals surface area (Å²) in [5.41, 5.74) is 6.45. The number of fused-ring (bicyclic) bond motifs is 2. The van der Waals surface area contributed by atoms with Crippen molar-refractivity contribution in [1.29, 1.82) is 0 Å². The van der Waals surface area contributed by atoms with E-state index in [1.807, 2.05) is 16.8 Å². The lowest BCUT2D eigenvalue weighted by molar-refractivity contribution is 0.436. The molecule has 1 saturated heterocycles. The Morgan fingerprint density at radius 3 is 2.57 bits per heavy atom. The maximum Gasteiger partial charge on any atom is 0.163 e. The quantitative estimate of drug-likeness (QED) is 0.280. The minimum Gasteiger partial charge on any atom is -0.366 e. The lowest BCUT2D eigenvalue weighted by atomic mass is 9.99. The van der Waals surface area contributed by atoms with E-state index in [0.29, 0.717) is 12.5 Å². The van der Waals surface area contributed by atoms with Gasteiger partial charge in [0.05, 0.1) is 17.4 Å². The zero-order chi connectivity index (χ0) is 25.4. The van der Waals surface area contributed by atoms with Gasteiger partial charge in [-0.1, -0.05) is 69.3 Å². The number of hydrogen-bond donors (Lipinski definition) is 1. The van der Waals surface area contributed by atoms with Crippen molar-refractivity contribution < 1.29 is 0 Å². The maximum absolute atomic E-state index is 5.09. The third-order valence-electron chi connectivity index (χ3n) is 7.57. The normalized spacial score (nSPS) is 14.6. The van der Waals surface area contributed by atoms with Crippen molar-refractivity contribution in [2.24, 2.45) is 5.92 Å². The van der Waals surface area contributed by atoms with E-state index in [9.17, 15) is 0 Å². The summed E-state index contributed by atoms with van der Waals surface area (Å²) < 4.78 is 1.96. The largest absolute Gasteiger partial charge is 0.366 e. The molecule has 4 heterocycles. The van der Waals surface area contributed by atoms with Crippen LogP contribution in [0.2, 0.25) is 0 Å². The Hall–Kier alpha value is -3.93. The lowest BCUT2D eigenvalue weighted by Crippen LogP contribution is -2.33. The standard InChI is InChI=1S/C31H34N6/c1-21(2)26-20-33-37-29(18-30(35-31(26)37)36-16-14-22(3)15-17-36)32-19-24-9-4-6-10-25(24)28-13-12-23-8-5-7-11-27(23)34-28/h4-13,18,20-22,32H,14-17,19H2,1-3H3. The highest BCUT2D eigenvalue weighted by Gasteiger charge is 2.21. The first-order valence-electron chi connectivity index (χ1n) is 13.4. The molecule has 5 aromatic rings. The number of nitrogens with one attached hydrogen (secondary N) is 1. The van der Waals surface area contributed by atoms with E-state index in [4.69, 9.17) is 15.1 Å². The van der Waals surface area contributed by atoms with Crippen molar-refractivity contribution in [3.8, 4) is 11.3 Å². The molecular formula is C31H34N6. The molecule has 0 atom stereocenters. The molecule has 1 N–H and O–H groups in total. The fraction of sp³-hybridized carbons (Fsp3) is 0.323. The maximum atomic E-state index is 5.09. The lowest BCUT2D eigenvalue weighted by Gasteiger charge is -2.31. The molecule has 0 unspecified atom stereocenters. The highest BCUT2D eigenvalue weighted by atomic mass is 15.3. The molecule has 1 fully saturated rings. The Kier molecular flexibility index (Phi) is 6.25. The van der Waals surface area contributed by atoms with Crippen molar-refractivity contribution in [1.82, 2.24) is 19.6 Å². The first-order chi connectivity index (χ1) is 18.1. The number of para-hydroxylation sites is 1. The molecule has 0 saturated carbocycles. The van der Waals surface area contributed by atoms with Crippen molar-refractivity contribution >= 4 is 28.2 Å². The number of rotatable bonds is 6. The van der Waals surface area contributed by atoms with Gasteiger partial charge in [-0.05, 0) is 42.4 Å². The second kappa shape index (κ2) is 9.85. The van der Waals surface area contributed by atoms with Crippen LogP contribution in [0.4, 0.5) is 11.6 Å². The van der Waals surface area contributed by atoms with Gasteiger partial charge in [-0.2, -0.15) is 9.61 Å². The molecule has 2 aromatic carbocycles. The molecule has 37 heavy (non-hydrogen) atoms. The zero-order valence-corrected chi connectivity index (χ0v) is 21.9. The Bertz CT molecular complexity index is 1540. The minimum atomic E-state index is 0.356. The van der Waals surface area contributed by atoms with Crippen molar-refractivity contribution in [3.63, 3.8) is 0 Å². The molecule has 1 aliphatic heterocycles. The van der Waals surface area contributed by atoms with E-state index in [0.717, 1.165) is 58.5 Å². The van der Waals surface area contributed by atoms with E-state index in [2.05, 4.69) is 91.7 Å². The van der Waals surface area contributed by atoms with Crippen LogP contribution in [-0.2, 0) is 6.54 Å². The van der Waals surface area contributed by atoms with Gasteiger partial charge in [-0.25, -0.2) is 9.97 Å². The Morgan fingerprint density at radius 2 is 1.73 bits per heavy atom. The minimum absolute atomic E-state index is 0.356. The highest BCUT2D eigenvalue weighted by Crippen LogP contribution is 2.30. The van der Waals surface area contributed by atoms with Crippen LogP contribution in [0.25, 0.3) is 27.8 Å². The van der Waals surface area contributed by atoms with Crippen LogP contribution < -0.4 is 10.2 Å². The van der Waals surface area contributed by atoms with Crippen LogP contribution in [0.1, 0.15) is 50.7 Å². The molecule has 0 radical (unpaired) electrons. The van der Waals surface area contributed by atoms with E-state index in [1.54, 1.807) is 0 Å². The molecule has 0 spiro atoms. The van der Waals surface area contributed by atoms with Crippen LogP contribution in [0.5, 0.6) is 0 Å². The van der Waals surface area contributed by atoms with Gasteiger partial charge < -0.3 is 10.2 Å². The summed E-state index contributed by atoms with van der Waals surface area (Å²) in [6.45, 7) is 9.51. The van der Waals surface area contributed by atoms with Gasteiger partial charge in [0, 0.05) is 42.2 Å². The summed E-state index contributed by atoms with van der Waals surface area (Å²) in [4.78, 5) is 12.5. The number of benzene rings is 2. The zero-order valence-electron chi connectivity index (χ0n) is 21.9. The van der Waals surface area contributed by atoms with E-state index in [1.165, 1.54) is 24.0 Å². The van der Waals surface area contributed by atoms with Gasteiger partial charge >= 0.3 is 0 Å². The van der Waals surface area contributed by atoms with Crippen LogP contribution in [0.3, 0.4) is 0 Å². The van der Waals surface area contributed by atoms with Crippen molar-refractivity contribution in [2.45, 2.75) is 46.1 Å². The van der Waals surface area contributed by atoms with E-state index in [-0.39, 0.29) is 0 Å². The van der Waals surface area contributed by atoms with Crippen LogP contribution in [0, 0.1) is 5.92 Å². The average Bonchev–Trinajstić information content (AvgIpc) is 3.37. The third-order valence-corrected chi connectivity index (χ3v) is 7.57. The molecule has 6 heteroatoms. The first-order valence-corrected chi connectivity index (χ1v) is 13.4. The first kappa shape index (κ1) is 23.5. The SMILES string of the molecule is CC1CCN(c2cc(NCc3ccccc3-c3ccc4ccccc4n3)n3ncc(C(C)C)c3n2)CC1. The molecule has 3 aromatic heterocycles. The molecule has 0 bridgehead atoms. The number of piperidine rings is 1. The van der Waals surface area contributed by atoms with Gasteiger partial charge in [-0.3, -0.25) is 0 Å². The predicted molar refractivity (Wildman–Crippen MR) is 152 cm³/mol. The van der Waals surface area contributed by atoms with E-state index >= 15 is 0 Å². The summed E-state index contributed by atoms with van der Waals surface area (Å²) in [7, 11) is 0. The van der Waals surface area contributed by atoms with Gasteiger partial charge in [0.25, 0.3) is 0 Å². The number of hydrogen-bond acceptors (Lipinski definition) is 5. The second-order valence-corrected chi connectivity index (χ2v) is 10.6. The molecule has 188 valence electrons. The molecule has 6 nitrogen and oxygen atoms in total. The fourth-order valence-electron chi connectivity index (χ4n) is 5.23. The Morgan fingerprint density at radius 1 is 0.946 bits per heavy atom. The number of aromatic nitrogens is 4. The van der Waals surface area contributed by atoms with Crippen LogP contribution in [-0.4, -0.2) is 32.7 Å². The monoisotopic (exact) mass is 490 g/mol.